The molecule has 0 aliphatic rings. The maximum atomic E-state index is 2.32. The van der Waals surface area contributed by atoms with Gasteiger partial charge in [-0.1, -0.05) is 177 Å². The zero-order valence-corrected chi connectivity index (χ0v) is 28.2. The molecule has 0 heteroatoms. The molecular formula is C39H60. The van der Waals surface area contributed by atoms with Crippen molar-refractivity contribution >= 4 is 0 Å². The summed E-state index contributed by atoms with van der Waals surface area (Å²) in [6.45, 7) is 33.8. The average Bonchev–Trinajstić information content (AvgIpc) is 2.83. The topological polar surface area (TPSA) is 0 Å². The number of hydrogen-bond donors (Lipinski definition) is 0. The van der Waals surface area contributed by atoms with E-state index in [1.54, 1.807) is 0 Å². The zero-order chi connectivity index (χ0) is 30.2. The summed E-state index contributed by atoms with van der Waals surface area (Å²) in [6.07, 6.45) is 0. The van der Waals surface area contributed by atoms with Crippen molar-refractivity contribution in [2.24, 2.45) is 0 Å². The quantitative estimate of drug-likeness (QED) is 0.317. The van der Waals surface area contributed by atoms with Gasteiger partial charge in [-0.2, -0.15) is 0 Å². The fourth-order valence-electron chi connectivity index (χ4n) is 4.42. The molecule has 0 saturated carbocycles. The van der Waals surface area contributed by atoms with Gasteiger partial charge in [-0.05, 0) is 67.4 Å². The molecular weight excluding hydrogens is 468 g/mol. The Bertz CT molecular complexity index is 1100. The summed E-state index contributed by atoms with van der Waals surface area (Å²) in [7, 11) is 0. The highest BCUT2D eigenvalue weighted by Gasteiger charge is 2.18. The van der Waals surface area contributed by atoms with Gasteiger partial charge in [0.2, 0.25) is 0 Å². The van der Waals surface area contributed by atoms with E-state index in [0.29, 0.717) is 17.8 Å². The van der Waals surface area contributed by atoms with Crippen molar-refractivity contribution in [1.82, 2.24) is 0 Å². The van der Waals surface area contributed by atoms with Crippen molar-refractivity contribution in [2.75, 3.05) is 0 Å². The smallest absolute Gasteiger partial charge is 0.0129 e. The fraction of sp³-hybridized carbons (Fsp3) is 0.538. The van der Waals surface area contributed by atoms with Crippen LogP contribution < -0.4 is 0 Å². The third kappa shape index (κ3) is 11.7. The third-order valence-electron chi connectivity index (χ3n) is 7.25. The maximum absolute atomic E-state index is 2.32. The van der Waals surface area contributed by atoms with Crippen LogP contribution in [0.5, 0.6) is 0 Å². The predicted octanol–water partition coefficient (Wildman–Crippen LogP) is 12.3. The molecule has 3 aromatic rings. The summed E-state index contributed by atoms with van der Waals surface area (Å²) in [6, 6.07) is 26.6. The molecule has 0 unspecified atom stereocenters. The highest BCUT2D eigenvalue weighted by molar-refractivity contribution is 5.35. The van der Waals surface area contributed by atoms with Crippen molar-refractivity contribution < 1.29 is 0 Å². The molecule has 3 rings (SSSR count). The van der Waals surface area contributed by atoms with Gasteiger partial charge in [0, 0.05) is 0 Å². The van der Waals surface area contributed by atoms with Crippen molar-refractivity contribution in [2.45, 2.75) is 138 Å². The van der Waals surface area contributed by atoms with Gasteiger partial charge in [-0.25, -0.2) is 0 Å². The highest BCUT2D eigenvalue weighted by atomic mass is 14.2. The SMILES string of the molecule is CC(C)c1ccc(C(C)(C)C)cc1.CC(C)c1cccc(C(C)(C)C)c1.CC(C)c1ccccc1C(C)(C)C. The molecule has 39 heavy (non-hydrogen) atoms. The Morgan fingerprint density at radius 1 is 0.410 bits per heavy atom. The van der Waals surface area contributed by atoms with Crippen LogP contribution in [0.15, 0.2) is 72.8 Å². The second-order valence-electron chi connectivity index (χ2n) is 15.0. The van der Waals surface area contributed by atoms with Crippen LogP contribution in [0.1, 0.15) is 155 Å². The van der Waals surface area contributed by atoms with Gasteiger partial charge in [0.15, 0.2) is 0 Å². The van der Waals surface area contributed by atoms with Crippen LogP contribution in [0.2, 0.25) is 0 Å². The lowest BCUT2D eigenvalue weighted by molar-refractivity contribution is 0.577. The van der Waals surface area contributed by atoms with E-state index < -0.39 is 0 Å². The normalized spacial score (nSPS) is 12.2. The van der Waals surface area contributed by atoms with Crippen molar-refractivity contribution in [3.05, 3.63) is 106 Å². The number of benzene rings is 3. The molecule has 216 valence electrons. The molecule has 0 heterocycles. The third-order valence-corrected chi connectivity index (χ3v) is 7.25. The van der Waals surface area contributed by atoms with E-state index in [9.17, 15) is 0 Å². The van der Waals surface area contributed by atoms with Gasteiger partial charge < -0.3 is 0 Å². The van der Waals surface area contributed by atoms with Crippen LogP contribution >= 0.6 is 0 Å². The molecule has 0 N–H and O–H groups in total. The average molecular weight is 529 g/mol. The van der Waals surface area contributed by atoms with Crippen LogP contribution in [-0.4, -0.2) is 0 Å². The van der Waals surface area contributed by atoms with Crippen LogP contribution in [0, 0.1) is 0 Å². The molecule has 0 bridgehead atoms. The number of hydrogen-bond acceptors (Lipinski definition) is 0. The van der Waals surface area contributed by atoms with Gasteiger partial charge in [0.25, 0.3) is 0 Å². The van der Waals surface area contributed by atoms with Crippen LogP contribution in [-0.2, 0) is 16.2 Å². The first kappa shape index (κ1) is 34.7. The Kier molecular flexibility index (Phi) is 12.8. The second kappa shape index (κ2) is 14.3. The first-order valence-electron chi connectivity index (χ1n) is 15.1. The van der Waals surface area contributed by atoms with Gasteiger partial charge in [-0.15, -0.1) is 0 Å². The molecule has 0 aliphatic heterocycles. The van der Waals surface area contributed by atoms with Gasteiger partial charge >= 0.3 is 0 Å². The van der Waals surface area contributed by atoms with E-state index in [-0.39, 0.29) is 16.2 Å². The fourth-order valence-corrected chi connectivity index (χ4v) is 4.42. The predicted molar refractivity (Wildman–Crippen MR) is 178 cm³/mol. The summed E-state index contributed by atoms with van der Waals surface area (Å²) < 4.78 is 0. The molecule has 0 aromatic heterocycles. The Morgan fingerprint density at radius 2 is 0.897 bits per heavy atom. The van der Waals surface area contributed by atoms with Gasteiger partial charge in [-0.3, -0.25) is 0 Å². The van der Waals surface area contributed by atoms with Crippen LogP contribution in [0.25, 0.3) is 0 Å². The van der Waals surface area contributed by atoms with E-state index in [4.69, 9.17) is 0 Å². The minimum Gasteiger partial charge on any atom is -0.0620 e. The molecule has 0 atom stereocenters. The lowest BCUT2D eigenvalue weighted by atomic mass is 9.81. The van der Waals surface area contributed by atoms with Crippen LogP contribution in [0.4, 0.5) is 0 Å². The first-order chi connectivity index (χ1) is 17.7. The van der Waals surface area contributed by atoms with E-state index in [1.165, 1.54) is 33.4 Å². The summed E-state index contributed by atoms with van der Waals surface area (Å²) in [4.78, 5) is 0. The van der Waals surface area contributed by atoms with E-state index in [2.05, 4.69) is 177 Å². The lowest BCUT2D eigenvalue weighted by Crippen LogP contribution is -2.14. The highest BCUT2D eigenvalue weighted by Crippen LogP contribution is 2.30. The standard InChI is InChI=1S/3C13H20/c1-10(2)11-6-8-12(9-7-11)13(3,4)5;1-10(2)11-7-6-8-12(9-11)13(3,4)5;1-10(2)11-8-6-7-9-12(11)13(3,4)5/h3*6-10H,1-5H3. The molecule has 0 radical (unpaired) electrons. The van der Waals surface area contributed by atoms with Crippen molar-refractivity contribution in [1.29, 1.82) is 0 Å². The maximum Gasteiger partial charge on any atom is -0.0129 e. The number of rotatable bonds is 3. The molecule has 0 fully saturated rings. The Hall–Kier alpha value is -2.34. The minimum absolute atomic E-state index is 0.265. The van der Waals surface area contributed by atoms with E-state index in [0.717, 1.165) is 0 Å². The summed E-state index contributed by atoms with van der Waals surface area (Å²) >= 11 is 0. The Balaban J connectivity index is 0.000000292. The second-order valence-corrected chi connectivity index (χ2v) is 15.0. The van der Waals surface area contributed by atoms with Crippen LogP contribution in [0.3, 0.4) is 0 Å². The van der Waals surface area contributed by atoms with Gasteiger partial charge in [0.1, 0.15) is 0 Å². The summed E-state index contributed by atoms with van der Waals surface area (Å²) in [5.41, 5.74) is 9.47. The molecule has 0 aliphatic carbocycles. The Labute approximate surface area is 243 Å². The molecule has 0 saturated heterocycles. The Morgan fingerprint density at radius 3 is 1.28 bits per heavy atom. The minimum atomic E-state index is 0.265. The largest absolute Gasteiger partial charge is 0.0620 e. The summed E-state index contributed by atoms with van der Waals surface area (Å²) in [5, 5.41) is 0. The van der Waals surface area contributed by atoms with E-state index in [1.807, 2.05) is 0 Å². The molecule has 0 amide bonds. The van der Waals surface area contributed by atoms with Gasteiger partial charge in [0.05, 0.1) is 0 Å². The molecule has 0 spiro atoms. The van der Waals surface area contributed by atoms with Crippen molar-refractivity contribution in [3.63, 3.8) is 0 Å². The first-order valence-corrected chi connectivity index (χ1v) is 15.1. The zero-order valence-electron chi connectivity index (χ0n) is 28.2. The molecule has 3 aromatic carbocycles. The molecule has 0 nitrogen and oxygen atoms in total. The van der Waals surface area contributed by atoms with Crippen molar-refractivity contribution in [3.8, 4) is 0 Å². The lowest BCUT2D eigenvalue weighted by Gasteiger charge is -2.24. The monoisotopic (exact) mass is 528 g/mol. The van der Waals surface area contributed by atoms with E-state index >= 15 is 0 Å². The summed E-state index contributed by atoms with van der Waals surface area (Å²) in [5.74, 6) is 1.88.